The molecule has 7 heteroatoms. The minimum Gasteiger partial charge on any atom is -0.360 e. The first-order valence-electron chi connectivity index (χ1n) is 7.38. The number of hydrogen-bond donors (Lipinski definition) is 1. The van der Waals surface area contributed by atoms with Crippen molar-refractivity contribution >= 4 is 22.4 Å². The van der Waals surface area contributed by atoms with E-state index in [1.165, 1.54) is 30.7 Å². The molecule has 0 saturated carbocycles. The summed E-state index contributed by atoms with van der Waals surface area (Å²) in [5.74, 6) is 0.0420. The lowest BCUT2D eigenvalue weighted by Gasteiger charge is -2.24. The molecule has 3 heterocycles. The highest BCUT2D eigenvalue weighted by Crippen LogP contribution is 2.23. The van der Waals surface area contributed by atoms with Gasteiger partial charge in [0, 0.05) is 32.2 Å². The topological polar surface area (TPSA) is 61.4 Å². The van der Waals surface area contributed by atoms with Gasteiger partial charge in [-0.1, -0.05) is 11.3 Å². The van der Waals surface area contributed by atoms with Crippen LogP contribution < -0.4 is 5.32 Å². The first-order valence-corrected chi connectivity index (χ1v) is 8.20. The van der Waals surface area contributed by atoms with Crippen LogP contribution in [0.2, 0.25) is 0 Å². The zero-order valence-electron chi connectivity index (χ0n) is 11.8. The van der Waals surface area contributed by atoms with Crippen molar-refractivity contribution in [2.24, 2.45) is 0 Å². The first-order chi connectivity index (χ1) is 9.78. The van der Waals surface area contributed by atoms with E-state index in [0.29, 0.717) is 11.0 Å². The molecule has 1 N–H and O–H groups in total. The Morgan fingerprint density at radius 3 is 3.05 bits per heavy atom. The summed E-state index contributed by atoms with van der Waals surface area (Å²) >= 11 is 1.35. The largest absolute Gasteiger partial charge is 0.360 e. The van der Waals surface area contributed by atoms with Gasteiger partial charge in [-0.15, -0.1) is 10.2 Å². The monoisotopic (exact) mass is 295 g/mol. The van der Waals surface area contributed by atoms with E-state index in [1.54, 1.807) is 0 Å². The predicted octanol–water partition coefficient (Wildman–Crippen LogP) is 1.28. The Bertz CT molecular complexity index is 477. The van der Waals surface area contributed by atoms with Gasteiger partial charge in [0.25, 0.3) is 5.91 Å². The molecule has 110 valence electrons. The molecule has 0 spiro atoms. The van der Waals surface area contributed by atoms with Crippen molar-refractivity contribution < 1.29 is 4.79 Å². The number of amides is 1. The van der Waals surface area contributed by atoms with Crippen LogP contribution >= 0.6 is 11.3 Å². The number of anilines is 1. The standard InChI is InChI=1S/C13H21N5OS/c1-2-14-13-16-15-11(20-13)12(19)18-8-4-7-17-6-3-5-10(17)9-18/h10H,2-9H2,1H3,(H,14,16). The van der Waals surface area contributed by atoms with Gasteiger partial charge in [-0.3, -0.25) is 9.69 Å². The maximum Gasteiger partial charge on any atom is 0.284 e. The van der Waals surface area contributed by atoms with Gasteiger partial charge < -0.3 is 10.2 Å². The van der Waals surface area contributed by atoms with Crippen molar-refractivity contribution in [2.45, 2.75) is 32.2 Å². The lowest BCUT2D eigenvalue weighted by atomic mass is 10.2. The third kappa shape index (κ3) is 2.78. The Kier molecular flexibility index (Phi) is 4.16. The summed E-state index contributed by atoms with van der Waals surface area (Å²) in [5.41, 5.74) is 0. The fourth-order valence-electron chi connectivity index (χ4n) is 3.06. The zero-order chi connectivity index (χ0) is 13.9. The van der Waals surface area contributed by atoms with Gasteiger partial charge >= 0.3 is 0 Å². The molecule has 0 radical (unpaired) electrons. The maximum atomic E-state index is 12.5. The van der Waals surface area contributed by atoms with Gasteiger partial charge in [0.15, 0.2) is 0 Å². The minimum atomic E-state index is 0.0420. The second-order valence-electron chi connectivity index (χ2n) is 5.38. The van der Waals surface area contributed by atoms with Crippen molar-refractivity contribution in [1.82, 2.24) is 20.0 Å². The van der Waals surface area contributed by atoms with Crippen LogP contribution in [-0.2, 0) is 0 Å². The van der Waals surface area contributed by atoms with Crippen LogP contribution in [0.15, 0.2) is 0 Å². The molecule has 1 amide bonds. The van der Waals surface area contributed by atoms with Gasteiger partial charge in [0.2, 0.25) is 10.1 Å². The summed E-state index contributed by atoms with van der Waals surface area (Å²) in [7, 11) is 0. The second-order valence-corrected chi connectivity index (χ2v) is 6.36. The van der Waals surface area contributed by atoms with E-state index in [-0.39, 0.29) is 5.91 Å². The Labute approximate surface area is 123 Å². The molecule has 6 nitrogen and oxygen atoms in total. The molecule has 3 rings (SSSR count). The molecular weight excluding hydrogens is 274 g/mol. The Hall–Kier alpha value is -1.21. The third-order valence-corrected chi connectivity index (χ3v) is 4.90. The molecule has 0 aliphatic carbocycles. The predicted molar refractivity (Wildman–Crippen MR) is 79.2 cm³/mol. The molecule has 20 heavy (non-hydrogen) atoms. The number of nitrogens with zero attached hydrogens (tertiary/aromatic N) is 4. The highest BCUT2D eigenvalue weighted by molar-refractivity contribution is 7.17. The molecule has 2 aliphatic heterocycles. The van der Waals surface area contributed by atoms with Crippen LogP contribution in [0.1, 0.15) is 36.0 Å². The van der Waals surface area contributed by atoms with Gasteiger partial charge in [0.05, 0.1) is 0 Å². The van der Waals surface area contributed by atoms with Crippen LogP contribution in [0.4, 0.5) is 5.13 Å². The molecule has 1 aromatic rings. The van der Waals surface area contributed by atoms with Crippen molar-refractivity contribution in [3.63, 3.8) is 0 Å². The molecular formula is C13H21N5OS. The van der Waals surface area contributed by atoms with Crippen molar-refractivity contribution in [2.75, 3.05) is 38.0 Å². The number of carbonyl (C=O) groups excluding carboxylic acids is 1. The van der Waals surface area contributed by atoms with Crippen LogP contribution in [0.3, 0.4) is 0 Å². The number of rotatable bonds is 3. The number of nitrogens with one attached hydrogen (secondary N) is 1. The molecule has 1 atom stereocenters. The number of carbonyl (C=O) groups is 1. The van der Waals surface area contributed by atoms with Crippen molar-refractivity contribution in [3.05, 3.63) is 5.01 Å². The zero-order valence-corrected chi connectivity index (χ0v) is 12.7. The van der Waals surface area contributed by atoms with Gasteiger partial charge in [-0.25, -0.2) is 0 Å². The molecule has 1 aromatic heterocycles. The average Bonchev–Trinajstić information content (AvgIpc) is 3.04. The molecule has 2 fully saturated rings. The van der Waals surface area contributed by atoms with E-state index in [9.17, 15) is 4.79 Å². The van der Waals surface area contributed by atoms with Gasteiger partial charge in [0.1, 0.15) is 0 Å². The van der Waals surface area contributed by atoms with E-state index >= 15 is 0 Å². The average molecular weight is 295 g/mol. The molecule has 1 unspecified atom stereocenters. The first kappa shape index (κ1) is 13.8. The molecule has 2 aliphatic rings. The Balaban J connectivity index is 1.68. The van der Waals surface area contributed by atoms with E-state index in [4.69, 9.17) is 0 Å². The Morgan fingerprint density at radius 1 is 1.35 bits per heavy atom. The summed E-state index contributed by atoms with van der Waals surface area (Å²) in [4.78, 5) is 17.0. The fraction of sp³-hybridized carbons (Fsp3) is 0.769. The number of aromatic nitrogens is 2. The summed E-state index contributed by atoms with van der Waals surface area (Å²) in [6, 6.07) is 0.544. The lowest BCUT2D eigenvalue weighted by molar-refractivity contribution is 0.0742. The van der Waals surface area contributed by atoms with E-state index in [2.05, 4.69) is 20.4 Å². The van der Waals surface area contributed by atoms with Crippen LogP contribution in [0, 0.1) is 0 Å². The van der Waals surface area contributed by atoms with Crippen LogP contribution in [-0.4, -0.2) is 64.7 Å². The Morgan fingerprint density at radius 2 is 2.20 bits per heavy atom. The van der Waals surface area contributed by atoms with Gasteiger partial charge in [-0.05, 0) is 32.7 Å². The van der Waals surface area contributed by atoms with Gasteiger partial charge in [-0.2, -0.15) is 0 Å². The van der Waals surface area contributed by atoms with Crippen LogP contribution in [0.5, 0.6) is 0 Å². The third-order valence-electron chi connectivity index (χ3n) is 4.03. The summed E-state index contributed by atoms with van der Waals surface area (Å²) in [6.45, 7) is 6.79. The molecule has 0 aromatic carbocycles. The quantitative estimate of drug-likeness (QED) is 0.910. The molecule has 2 saturated heterocycles. The summed E-state index contributed by atoms with van der Waals surface area (Å²) in [6.07, 6.45) is 3.53. The second kappa shape index (κ2) is 6.05. The smallest absolute Gasteiger partial charge is 0.284 e. The summed E-state index contributed by atoms with van der Waals surface area (Å²) < 4.78 is 0. The highest BCUT2D eigenvalue weighted by atomic mass is 32.1. The van der Waals surface area contributed by atoms with E-state index in [0.717, 1.165) is 37.7 Å². The fourth-order valence-corrected chi connectivity index (χ4v) is 3.84. The molecule has 0 bridgehead atoms. The maximum absolute atomic E-state index is 12.5. The lowest BCUT2D eigenvalue weighted by Crippen LogP contribution is -2.39. The SMILES string of the molecule is CCNc1nnc(C(=O)N2CCCN3CCCC3C2)s1. The van der Waals surface area contributed by atoms with Crippen LogP contribution in [0.25, 0.3) is 0 Å². The minimum absolute atomic E-state index is 0.0420. The van der Waals surface area contributed by atoms with Crippen molar-refractivity contribution in [3.8, 4) is 0 Å². The summed E-state index contributed by atoms with van der Waals surface area (Å²) in [5, 5.41) is 12.4. The van der Waals surface area contributed by atoms with Crippen molar-refractivity contribution in [1.29, 1.82) is 0 Å². The highest BCUT2D eigenvalue weighted by Gasteiger charge is 2.31. The van der Waals surface area contributed by atoms with E-state index < -0.39 is 0 Å². The number of hydrogen-bond acceptors (Lipinski definition) is 6. The number of fused-ring (bicyclic) bond motifs is 1. The normalized spacial score (nSPS) is 23.4. The van der Waals surface area contributed by atoms with E-state index in [1.807, 2.05) is 11.8 Å².